The fraction of sp³-hybridized carbons (Fsp3) is 0.400. The number of carbonyl (C=O) groups is 2. The zero-order valence-electron chi connectivity index (χ0n) is 14.6. The normalized spacial score (nSPS) is 14.0. The molecule has 1 aliphatic rings. The fourth-order valence-corrected chi connectivity index (χ4v) is 2.77. The van der Waals surface area contributed by atoms with Crippen molar-refractivity contribution in [2.45, 2.75) is 45.4 Å². The van der Waals surface area contributed by atoms with Crippen LogP contribution in [0.2, 0.25) is 0 Å². The molecule has 0 atom stereocenters. The van der Waals surface area contributed by atoms with E-state index in [1.165, 1.54) is 25.0 Å². The highest BCUT2D eigenvalue weighted by atomic mass is 19.1. The molecule has 1 aromatic rings. The van der Waals surface area contributed by atoms with Gasteiger partial charge in [-0.1, -0.05) is 51.3 Å². The van der Waals surface area contributed by atoms with Crippen LogP contribution in [0.3, 0.4) is 0 Å². The third-order valence-electron chi connectivity index (χ3n) is 4.15. The number of hydrogen-bond acceptors (Lipinski definition) is 3. The Balaban J connectivity index is 1.97. The number of rotatable bonds is 9. The summed E-state index contributed by atoms with van der Waals surface area (Å²) in [7, 11) is 0. The van der Waals surface area contributed by atoms with Gasteiger partial charge in [0.25, 0.3) is 0 Å². The van der Waals surface area contributed by atoms with E-state index in [0.29, 0.717) is 23.1 Å². The molecule has 0 saturated carbocycles. The van der Waals surface area contributed by atoms with Crippen molar-refractivity contribution in [3.63, 3.8) is 0 Å². The summed E-state index contributed by atoms with van der Waals surface area (Å²) in [4.78, 5) is 24.0. The highest BCUT2D eigenvalue weighted by Gasteiger charge is 2.29. The van der Waals surface area contributed by atoms with Crippen molar-refractivity contribution in [2.24, 2.45) is 0 Å². The fourth-order valence-electron chi connectivity index (χ4n) is 2.77. The SMILES string of the molecule is C=C1OC(=O)C(CNC(=O)CCCCCCC)=C1c1ccc(F)cc1. The number of esters is 1. The zero-order valence-corrected chi connectivity index (χ0v) is 14.6. The van der Waals surface area contributed by atoms with Gasteiger partial charge in [-0.05, 0) is 24.1 Å². The van der Waals surface area contributed by atoms with E-state index < -0.39 is 5.97 Å². The van der Waals surface area contributed by atoms with Crippen molar-refractivity contribution in [2.75, 3.05) is 6.54 Å². The molecule has 4 nitrogen and oxygen atoms in total. The van der Waals surface area contributed by atoms with E-state index in [-0.39, 0.29) is 24.0 Å². The molecular formula is C20H24FNO3. The van der Waals surface area contributed by atoms with E-state index in [9.17, 15) is 14.0 Å². The first-order valence-electron chi connectivity index (χ1n) is 8.70. The second-order valence-corrected chi connectivity index (χ2v) is 6.11. The number of carbonyl (C=O) groups excluding carboxylic acids is 2. The van der Waals surface area contributed by atoms with Crippen LogP contribution in [0.15, 0.2) is 42.2 Å². The Bertz CT molecular complexity index is 677. The van der Waals surface area contributed by atoms with Gasteiger partial charge < -0.3 is 10.1 Å². The van der Waals surface area contributed by atoms with Crippen LogP contribution in [-0.4, -0.2) is 18.4 Å². The molecule has 0 fully saturated rings. The molecule has 1 heterocycles. The molecule has 0 saturated heterocycles. The maximum atomic E-state index is 13.1. The van der Waals surface area contributed by atoms with E-state index in [1.807, 2.05) is 0 Å². The van der Waals surface area contributed by atoms with E-state index in [2.05, 4.69) is 18.8 Å². The number of allylic oxidation sites excluding steroid dienone is 1. The minimum Gasteiger partial charge on any atom is -0.423 e. The van der Waals surface area contributed by atoms with Crippen LogP contribution in [0.25, 0.3) is 5.57 Å². The maximum Gasteiger partial charge on any atom is 0.341 e. The van der Waals surface area contributed by atoms with Crippen molar-refractivity contribution in [1.82, 2.24) is 5.32 Å². The number of benzene rings is 1. The van der Waals surface area contributed by atoms with Gasteiger partial charge in [-0.15, -0.1) is 0 Å². The molecular weight excluding hydrogens is 321 g/mol. The second-order valence-electron chi connectivity index (χ2n) is 6.11. The van der Waals surface area contributed by atoms with Crippen LogP contribution in [0.4, 0.5) is 4.39 Å². The summed E-state index contributed by atoms with van der Waals surface area (Å²) in [6.07, 6.45) is 5.80. The third kappa shape index (κ3) is 5.28. The predicted octanol–water partition coefficient (Wildman–Crippen LogP) is 4.13. The average molecular weight is 345 g/mol. The van der Waals surface area contributed by atoms with Crippen molar-refractivity contribution < 1.29 is 18.7 Å². The Kier molecular flexibility index (Phi) is 6.92. The lowest BCUT2D eigenvalue weighted by Crippen LogP contribution is -2.27. The number of ether oxygens (including phenoxy) is 1. The Hall–Kier alpha value is -2.43. The highest BCUT2D eigenvalue weighted by molar-refractivity contribution is 6.07. The smallest absolute Gasteiger partial charge is 0.341 e. The topological polar surface area (TPSA) is 55.4 Å². The summed E-state index contributed by atoms with van der Waals surface area (Å²) in [5, 5.41) is 2.76. The molecule has 0 spiro atoms. The third-order valence-corrected chi connectivity index (χ3v) is 4.15. The van der Waals surface area contributed by atoms with Gasteiger partial charge in [-0.25, -0.2) is 9.18 Å². The van der Waals surface area contributed by atoms with Crippen LogP contribution in [0.1, 0.15) is 51.0 Å². The van der Waals surface area contributed by atoms with Crippen LogP contribution in [0, 0.1) is 5.82 Å². The average Bonchev–Trinajstić information content (AvgIpc) is 2.87. The largest absolute Gasteiger partial charge is 0.423 e. The van der Waals surface area contributed by atoms with Gasteiger partial charge >= 0.3 is 5.97 Å². The Morgan fingerprint density at radius 2 is 1.84 bits per heavy atom. The molecule has 0 radical (unpaired) electrons. The molecule has 0 unspecified atom stereocenters. The lowest BCUT2D eigenvalue weighted by atomic mass is 10.00. The summed E-state index contributed by atoms with van der Waals surface area (Å²) in [5.41, 5.74) is 1.50. The first-order valence-corrected chi connectivity index (χ1v) is 8.70. The first-order chi connectivity index (χ1) is 12.0. The minimum atomic E-state index is -0.521. The summed E-state index contributed by atoms with van der Waals surface area (Å²) < 4.78 is 18.2. The maximum absolute atomic E-state index is 13.1. The van der Waals surface area contributed by atoms with Crippen LogP contribution >= 0.6 is 0 Å². The number of halogens is 1. The first kappa shape index (κ1) is 18.9. The number of unbranched alkanes of at least 4 members (excludes halogenated alkanes) is 4. The van der Waals surface area contributed by atoms with Gasteiger partial charge in [0, 0.05) is 12.0 Å². The summed E-state index contributed by atoms with van der Waals surface area (Å²) in [5.74, 6) is -0.751. The molecule has 25 heavy (non-hydrogen) atoms. The Morgan fingerprint density at radius 3 is 2.52 bits per heavy atom. The number of nitrogens with one attached hydrogen (secondary N) is 1. The number of hydrogen-bond donors (Lipinski definition) is 1. The second kappa shape index (κ2) is 9.16. The molecule has 1 N–H and O–H groups in total. The van der Waals surface area contributed by atoms with E-state index >= 15 is 0 Å². The molecule has 0 aromatic heterocycles. The van der Waals surface area contributed by atoms with Crippen molar-refractivity contribution >= 4 is 17.4 Å². The van der Waals surface area contributed by atoms with Crippen molar-refractivity contribution in [3.05, 3.63) is 53.6 Å². The van der Waals surface area contributed by atoms with Crippen LogP contribution in [0.5, 0.6) is 0 Å². The molecule has 1 aliphatic heterocycles. The van der Waals surface area contributed by atoms with E-state index in [0.717, 1.165) is 19.3 Å². The van der Waals surface area contributed by atoms with Gasteiger partial charge in [0.1, 0.15) is 11.6 Å². The van der Waals surface area contributed by atoms with E-state index in [4.69, 9.17) is 4.74 Å². The van der Waals surface area contributed by atoms with Gasteiger partial charge in [-0.2, -0.15) is 0 Å². The summed E-state index contributed by atoms with van der Waals surface area (Å²) in [6.45, 7) is 5.96. The van der Waals surface area contributed by atoms with Crippen molar-refractivity contribution in [1.29, 1.82) is 0 Å². The van der Waals surface area contributed by atoms with E-state index in [1.54, 1.807) is 12.1 Å². The lowest BCUT2D eigenvalue weighted by Gasteiger charge is -2.07. The van der Waals surface area contributed by atoms with Crippen LogP contribution < -0.4 is 5.32 Å². The summed E-state index contributed by atoms with van der Waals surface area (Å²) >= 11 is 0. The zero-order chi connectivity index (χ0) is 18.2. The van der Waals surface area contributed by atoms with Gasteiger partial charge in [0.15, 0.2) is 0 Å². The Morgan fingerprint density at radius 1 is 1.16 bits per heavy atom. The van der Waals surface area contributed by atoms with Crippen molar-refractivity contribution in [3.8, 4) is 0 Å². The number of cyclic esters (lactones) is 1. The monoisotopic (exact) mass is 345 g/mol. The summed E-state index contributed by atoms with van der Waals surface area (Å²) in [6, 6.07) is 5.75. The van der Waals surface area contributed by atoms with Crippen LogP contribution in [-0.2, 0) is 14.3 Å². The molecule has 5 heteroatoms. The molecule has 0 bridgehead atoms. The molecule has 2 rings (SSSR count). The van der Waals surface area contributed by atoms with Gasteiger partial charge in [0.05, 0.1) is 12.1 Å². The highest BCUT2D eigenvalue weighted by Crippen LogP contribution is 2.33. The van der Waals surface area contributed by atoms with Gasteiger partial charge in [-0.3, -0.25) is 4.79 Å². The standard InChI is InChI=1S/C20H24FNO3/c1-3-4-5-6-7-8-18(23)22-13-17-19(14(2)25-20(17)24)15-9-11-16(21)12-10-15/h9-12H,2-8,13H2,1H3,(H,22,23). The molecule has 1 amide bonds. The number of amides is 1. The lowest BCUT2D eigenvalue weighted by molar-refractivity contribution is -0.133. The molecule has 1 aromatic carbocycles. The quantitative estimate of drug-likeness (QED) is 0.541. The molecule has 134 valence electrons. The molecule has 0 aliphatic carbocycles. The Labute approximate surface area is 147 Å². The minimum absolute atomic E-state index is 0.0817. The van der Waals surface area contributed by atoms with Gasteiger partial charge in [0.2, 0.25) is 5.91 Å². The predicted molar refractivity (Wildman–Crippen MR) is 94.9 cm³/mol.